The Kier molecular flexibility index (Phi) is 26.0. The number of pyridine rings is 2. The van der Waals surface area contributed by atoms with Crippen molar-refractivity contribution in [1.29, 1.82) is 0 Å². The topological polar surface area (TPSA) is 75.5 Å². The van der Waals surface area contributed by atoms with Crippen molar-refractivity contribution in [2.75, 3.05) is 13.2 Å². The molecule has 1 aliphatic rings. The third kappa shape index (κ3) is 27.7. The number of benzene rings is 4. The van der Waals surface area contributed by atoms with Crippen LogP contribution < -0.4 is 4.74 Å². The van der Waals surface area contributed by atoms with E-state index in [1.807, 2.05) is 104 Å². The summed E-state index contributed by atoms with van der Waals surface area (Å²) in [4.78, 5) is 8.33. The highest BCUT2D eigenvalue weighted by Crippen LogP contribution is 2.32. The average Bonchev–Trinajstić information content (AvgIpc) is 3.56. The van der Waals surface area contributed by atoms with Crippen molar-refractivity contribution in [2.24, 2.45) is 22.2 Å². The molecule has 0 radical (unpaired) electrons. The van der Waals surface area contributed by atoms with Gasteiger partial charge >= 0.3 is 0 Å². The minimum atomic E-state index is -0.160. The van der Waals surface area contributed by atoms with E-state index in [9.17, 15) is 5.11 Å². The third-order valence-corrected chi connectivity index (χ3v) is 9.98. The predicted molar refractivity (Wildman–Crippen MR) is 278 cm³/mol. The Labute approximate surface area is 395 Å². The number of aromatic nitrogens is 2. The maximum Gasteiger partial charge on any atom is 0.119 e. The molecule has 352 valence electrons. The molecular formula is C60H84N2O3. The fourth-order valence-corrected chi connectivity index (χ4v) is 6.96. The Morgan fingerprint density at radius 3 is 1.60 bits per heavy atom. The molecule has 4 aromatic carbocycles. The first kappa shape index (κ1) is 56.0. The van der Waals surface area contributed by atoms with E-state index in [-0.39, 0.29) is 12.7 Å². The lowest BCUT2D eigenvalue weighted by Gasteiger charge is -2.17. The van der Waals surface area contributed by atoms with Gasteiger partial charge in [-0.2, -0.15) is 0 Å². The molecule has 6 aromatic rings. The molecule has 0 fully saturated rings. The minimum absolute atomic E-state index is 0.160. The molecule has 0 saturated heterocycles. The first-order valence-corrected chi connectivity index (χ1v) is 23.7. The van der Waals surface area contributed by atoms with Gasteiger partial charge in [-0.15, -0.1) is 0 Å². The van der Waals surface area contributed by atoms with Crippen molar-refractivity contribution >= 4 is 0 Å². The molecule has 0 amide bonds. The van der Waals surface area contributed by atoms with Gasteiger partial charge < -0.3 is 14.9 Å². The molecule has 2 unspecified atom stereocenters. The van der Waals surface area contributed by atoms with Gasteiger partial charge in [-0.25, -0.2) is 0 Å². The zero-order valence-electron chi connectivity index (χ0n) is 42.2. The van der Waals surface area contributed by atoms with Gasteiger partial charge in [0.15, 0.2) is 0 Å². The average molecular weight is 881 g/mol. The SMILES string of the molecule is CC(C)(C)Cc1ccccc1.CC(C)(C)Cc1ccccn1.CC(C)(C)Cc1cccnc1.CC(CO)Cc1ccccc1.CCCOc1ccccc1.C[C@H]1c2ccccc2CC1O. The molecule has 0 spiro atoms. The van der Waals surface area contributed by atoms with E-state index in [0.717, 1.165) is 50.9 Å². The van der Waals surface area contributed by atoms with Crippen molar-refractivity contribution in [3.8, 4) is 5.75 Å². The summed E-state index contributed by atoms with van der Waals surface area (Å²) in [5.41, 5.74) is 8.97. The molecule has 2 aromatic heterocycles. The van der Waals surface area contributed by atoms with Crippen LogP contribution in [0.4, 0.5) is 0 Å². The first-order valence-electron chi connectivity index (χ1n) is 23.7. The van der Waals surface area contributed by atoms with Gasteiger partial charge in [0.1, 0.15) is 5.75 Å². The van der Waals surface area contributed by atoms with Crippen LogP contribution in [0.2, 0.25) is 0 Å². The Morgan fingerprint density at radius 1 is 0.600 bits per heavy atom. The van der Waals surface area contributed by atoms with Gasteiger partial charge in [0, 0.05) is 36.8 Å². The molecular weight excluding hydrogens is 797 g/mol. The first-order chi connectivity index (χ1) is 30.8. The standard InChI is InChI=1S/C11H16.2C10H15N.C10H12O.C10H14O.C9H12O/c1-11(2,3)9-10-7-5-4-6-8-10;1-10(2,3)7-9-5-4-6-11-8-9;1-10(2,3)8-9-6-4-5-7-11-9;1-7-9-5-3-2-4-8(9)6-10(7)11;1-9(8-11)7-10-5-3-2-4-6-10;1-2-8-10-9-6-4-3-5-7-9/h4-8H,9H2,1-3H3;4-6,8H,7H2,1-3H3;4-7H,8H2,1-3H3;2-5,7,10-11H,6H2,1H3;2-6,9,11H,7-8H2,1H3;3-7H,2,8H2,1H3/t;;;7-,10?;;/m...0../s1. The lowest BCUT2D eigenvalue weighted by atomic mass is 9.88. The summed E-state index contributed by atoms with van der Waals surface area (Å²) in [5, 5.41) is 18.3. The van der Waals surface area contributed by atoms with Crippen LogP contribution in [0.3, 0.4) is 0 Å². The van der Waals surface area contributed by atoms with Crippen molar-refractivity contribution in [2.45, 2.75) is 134 Å². The Balaban J connectivity index is 0.000000268. The Bertz CT molecular complexity index is 1910. The molecule has 0 saturated carbocycles. The Morgan fingerprint density at radius 2 is 1.11 bits per heavy atom. The lowest BCUT2D eigenvalue weighted by Crippen LogP contribution is -2.09. The normalized spacial score (nSPS) is 14.3. The number of para-hydroxylation sites is 1. The summed E-state index contributed by atoms with van der Waals surface area (Å²) in [6.45, 7) is 27.5. The maximum atomic E-state index is 9.52. The number of rotatable bonds is 9. The van der Waals surface area contributed by atoms with Crippen LogP contribution in [0.5, 0.6) is 5.75 Å². The van der Waals surface area contributed by atoms with E-state index >= 15 is 0 Å². The minimum Gasteiger partial charge on any atom is -0.494 e. The quantitative estimate of drug-likeness (QED) is 0.151. The summed E-state index contributed by atoms with van der Waals surface area (Å²) < 4.78 is 5.36. The molecule has 65 heavy (non-hydrogen) atoms. The monoisotopic (exact) mass is 881 g/mol. The van der Waals surface area contributed by atoms with Crippen LogP contribution in [0.15, 0.2) is 164 Å². The third-order valence-electron chi connectivity index (χ3n) is 9.98. The number of aliphatic hydroxyl groups excluding tert-OH is 2. The Hall–Kier alpha value is -5.10. The number of ether oxygens (including phenoxy) is 1. The second-order valence-electron chi connectivity index (χ2n) is 20.8. The smallest absolute Gasteiger partial charge is 0.119 e. The van der Waals surface area contributed by atoms with E-state index in [2.05, 4.69) is 153 Å². The van der Waals surface area contributed by atoms with Crippen molar-refractivity contribution in [3.05, 3.63) is 198 Å². The fourth-order valence-electron chi connectivity index (χ4n) is 6.96. The lowest BCUT2D eigenvalue weighted by molar-refractivity contribution is 0.163. The van der Waals surface area contributed by atoms with Gasteiger partial charge in [-0.1, -0.05) is 198 Å². The van der Waals surface area contributed by atoms with E-state index < -0.39 is 0 Å². The molecule has 5 nitrogen and oxygen atoms in total. The molecule has 0 aliphatic heterocycles. The maximum absolute atomic E-state index is 9.52. The molecule has 5 heteroatoms. The summed E-state index contributed by atoms with van der Waals surface area (Å²) in [6, 6.07) is 49.2. The van der Waals surface area contributed by atoms with E-state index in [1.165, 1.54) is 33.5 Å². The summed E-state index contributed by atoms with van der Waals surface area (Å²) in [5.74, 6) is 1.66. The number of aliphatic hydroxyl groups is 2. The van der Waals surface area contributed by atoms with E-state index in [0.29, 0.717) is 28.1 Å². The van der Waals surface area contributed by atoms with E-state index in [4.69, 9.17) is 9.84 Å². The fraction of sp³-hybridized carbons (Fsp3) is 0.433. The van der Waals surface area contributed by atoms with E-state index in [1.54, 1.807) is 0 Å². The second kappa shape index (κ2) is 30.2. The summed E-state index contributed by atoms with van der Waals surface area (Å²) >= 11 is 0. The summed E-state index contributed by atoms with van der Waals surface area (Å²) in [7, 11) is 0. The molecule has 0 bridgehead atoms. The highest BCUT2D eigenvalue weighted by atomic mass is 16.5. The number of hydrogen-bond acceptors (Lipinski definition) is 5. The number of hydrogen-bond donors (Lipinski definition) is 2. The molecule has 2 N–H and O–H groups in total. The van der Waals surface area contributed by atoms with Crippen molar-refractivity contribution in [3.63, 3.8) is 0 Å². The zero-order chi connectivity index (χ0) is 48.1. The largest absolute Gasteiger partial charge is 0.494 e. The van der Waals surface area contributed by atoms with Gasteiger partial charge in [0.25, 0.3) is 0 Å². The highest BCUT2D eigenvalue weighted by Gasteiger charge is 2.26. The van der Waals surface area contributed by atoms with Crippen LogP contribution in [-0.4, -0.2) is 39.5 Å². The van der Waals surface area contributed by atoms with Crippen LogP contribution in [0.25, 0.3) is 0 Å². The highest BCUT2D eigenvalue weighted by molar-refractivity contribution is 5.36. The number of fused-ring (bicyclic) bond motifs is 1. The second-order valence-corrected chi connectivity index (χ2v) is 20.8. The van der Waals surface area contributed by atoms with Crippen molar-refractivity contribution < 1.29 is 14.9 Å². The van der Waals surface area contributed by atoms with Gasteiger partial charge in [0.05, 0.1) is 12.7 Å². The number of nitrogens with zero attached hydrogens (tertiary/aromatic N) is 2. The molecule has 1 aliphatic carbocycles. The van der Waals surface area contributed by atoms with Gasteiger partial charge in [0.2, 0.25) is 0 Å². The van der Waals surface area contributed by atoms with Crippen LogP contribution in [0, 0.1) is 22.2 Å². The molecule has 2 heterocycles. The molecule has 7 rings (SSSR count). The zero-order valence-corrected chi connectivity index (χ0v) is 42.2. The van der Waals surface area contributed by atoms with Crippen LogP contribution in [0.1, 0.15) is 129 Å². The van der Waals surface area contributed by atoms with Gasteiger partial charge in [-0.05, 0) is 119 Å². The van der Waals surface area contributed by atoms with Crippen LogP contribution >= 0.6 is 0 Å². The van der Waals surface area contributed by atoms with Crippen LogP contribution in [-0.2, 0) is 32.1 Å². The van der Waals surface area contributed by atoms with Crippen molar-refractivity contribution in [1.82, 2.24) is 9.97 Å². The van der Waals surface area contributed by atoms with Gasteiger partial charge in [-0.3, -0.25) is 9.97 Å². The summed E-state index contributed by atoms with van der Waals surface area (Å²) in [6.07, 6.45) is 11.6. The predicted octanol–water partition coefficient (Wildman–Crippen LogP) is 14.7. The molecule has 3 atom stereocenters.